The summed E-state index contributed by atoms with van der Waals surface area (Å²) in [6, 6.07) is 6.42. The lowest BCUT2D eigenvalue weighted by Gasteiger charge is -2.20. The minimum absolute atomic E-state index is 0.115. The van der Waals surface area contributed by atoms with Crippen molar-refractivity contribution < 1.29 is 4.79 Å². The molecule has 102 valence electrons. The van der Waals surface area contributed by atoms with Gasteiger partial charge in [0.15, 0.2) is 0 Å². The smallest absolute Gasteiger partial charge is 0.251 e. The van der Waals surface area contributed by atoms with Gasteiger partial charge in [-0.25, -0.2) is 0 Å². The third-order valence-electron chi connectivity index (χ3n) is 4.24. The normalized spacial score (nSPS) is 24.3. The van der Waals surface area contributed by atoms with Crippen LogP contribution in [0.25, 0.3) is 0 Å². The lowest BCUT2D eigenvalue weighted by Crippen LogP contribution is -2.28. The number of nitrogens with one attached hydrogen (secondary N) is 2. The molecule has 1 amide bonds. The highest BCUT2D eigenvalue weighted by molar-refractivity contribution is 5.97. The van der Waals surface area contributed by atoms with Crippen molar-refractivity contribution in [1.82, 2.24) is 5.32 Å². The first kappa shape index (κ1) is 12.5. The maximum atomic E-state index is 12.4. The van der Waals surface area contributed by atoms with Crippen molar-refractivity contribution >= 4 is 11.6 Å². The minimum Gasteiger partial charge on any atom is -0.385 e. The summed E-state index contributed by atoms with van der Waals surface area (Å²) in [6.07, 6.45) is 5.72. The van der Waals surface area contributed by atoms with Gasteiger partial charge in [-0.3, -0.25) is 4.79 Å². The number of hydrogen-bond acceptors (Lipinski definition) is 2. The zero-order valence-corrected chi connectivity index (χ0v) is 11.5. The summed E-state index contributed by atoms with van der Waals surface area (Å²) in [4.78, 5) is 12.4. The van der Waals surface area contributed by atoms with Gasteiger partial charge in [0.2, 0.25) is 0 Å². The van der Waals surface area contributed by atoms with Crippen LogP contribution < -0.4 is 10.6 Å². The molecule has 2 atom stereocenters. The second kappa shape index (κ2) is 5.24. The van der Waals surface area contributed by atoms with E-state index >= 15 is 0 Å². The molecule has 1 aromatic carbocycles. The van der Waals surface area contributed by atoms with E-state index in [1.165, 1.54) is 18.4 Å². The van der Waals surface area contributed by atoms with Crippen molar-refractivity contribution in [2.75, 3.05) is 11.9 Å². The number of rotatable bonds is 4. The summed E-state index contributed by atoms with van der Waals surface area (Å²) < 4.78 is 0. The molecule has 1 aliphatic carbocycles. The maximum absolute atomic E-state index is 12.4. The molecule has 0 spiro atoms. The predicted octanol–water partition coefficient (Wildman–Crippen LogP) is 2.96. The molecule has 2 aliphatic rings. The summed E-state index contributed by atoms with van der Waals surface area (Å²) >= 11 is 0. The molecule has 0 aromatic heterocycles. The molecule has 19 heavy (non-hydrogen) atoms. The van der Waals surface area contributed by atoms with E-state index in [4.69, 9.17) is 0 Å². The molecule has 1 aromatic rings. The number of hydrogen-bond donors (Lipinski definition) is 2. The topological polar surface area (TPSA) is 41.1 Å². The molecule has 0 radical (unpaired) electrons. The molecular weight excluding hydrogens is 236 g/mol. The largest absolute Gasteiger partial charge is 0.385 e. The fourth-order valence-corrected chi connectivity index (χ4v) is 3.08. The number of benzene rings is 1. The summed E-state index contributed by atoms with van der Waals surface area (Å²) in [5.74, 6) is 0.829. The van der Waals surface area contributed by atoms with Crippen molar-refractivity contribution in [3.05, 3.63) is 29.3 Å². The number of fused-ring (bicyclic) bond motifs is 1. The standard InChI is InChI=1S/C16H22N2O/c1-2-5-11-10-15(11)18-16(19)13-6-3-8-14-12(13)7-4-9-17-14/h3,6,8,11,15,17H,2,4-5,7,9-10H2,1H3,(H,18,19). The summed E-state index contributed by atoms with van der Waals surface area (Å²) in [5.41, 5.74) is 3.20. The Bertz CT molecular complexity index is 484. The Morgan fingerprint density at radius 3 is 3.21 bits per heavy atom. The van der Waals surface area contributed by atoms with Gasteiger partial charge in [-0.2, -0.15) is 0 Å². The second-order valence-corrected chi connectivity index (χ2v) is 5.73. The van der Waals surface area contributed by atoms with Gasteiger partial charge < -0.3 is 10.6 Å². The molecule has 2 unspecified atom stereocenters. The average molecular weight is 258 g/mol. The molecule has 1 saturated carbocycles. The van der Waals surface area contributed by atoms with Crippen molar-refractivity contribution in [2.45, 2.75) is 45.1 Å². The summed E-state index contributed by atoms with van der Waals surface area (Å²) in [5, 5.41) is 6.56. The Morgan fingerprint density at radius 1 is 1.47 bits per heavy atom. The van der Waals surface area contributed by atoms with Crippen LogP contribution in [0.4, 0.5) is 5.69 Å². The van der Waals surface area contributed by atoms with Crippen LogP contribution in [0.2, 0.25) is 0 Å². The van der Waals surface area contributed by atoms with Gasteiger partial charge in [0.1, 0.15) is 0 Å². The zero-order chi connectivity index (χ0) is 13.2. The highest BCUT2D eigenvalue weighted by Crippen LogP contribution is 2.35. The van der Waals surface area contributed by atoms with Crippen molar-refractivity contribution in [1.29, 1.82) is 0 Å². The Kier molecular flexibility index (Phi) is 3.45. The summed E-state index contributed by atoms with van der Waals surface area (Å²) in [6.45, 7) is 3.22. The molecule has 3 rings (SSSR count). The quantitative estimate of drug-likeness (QED) is 0.871. The van der Waals surface area contributed by atoms with E-state index in [9.17, 15) is 4.79 Å². The highest BCUT2D eigenvalue weighted by Gasteiger charge is 2.37. The first-order chi connectivity index (χ1) is 9.29. The maximum Gasteiger partial charge on any atom is 0.251 e. The van der Waals surface area contributed by atoms with Gasteiger partial charge in [0.05, 0.1) is 0 Å². The fraction of sp³-hybridized carbons (Fsp3) is 0.562. The SMILES string of the molecule is CCCC1CC1NC(=O)c1cccc2c1CCCN2. The van der Waals surface area contributed by atoms with E-state index in [0.29, 0.717) is 12.0 Å². The first-order valence-electron chi connectivity index (χ1n) is 7.46. The molecule has 1 aliphatic heterocycles. The zero-order valence-electron chi connectivity index (χ0n) is 11.5. The molecule has 0 bridgehead atoms. The predicted molar refractivity (Wildman–Crippen MR) is 77.5 cm³/mol. The van der Waals surface area contributed by atoms with Crippen LogP contribution in [-0.2, 0) is 6.42 Å². The van der Waals surface area contributed by atoms with Crippen molar-refractivity contribution in [3.8, 4) is 0 Å². The molecule has 1 heterocycles. The van der Waals surface area contributed by atoms with E-state index < -0.39 is 0 Å². The molecule has 3 nitrogen and oxygen atoms in total. The van der Waals surface area contributed by atoms with Crippen LogP contribution in [-0.4, -0.2) is 18.5 Å². The summed E-state index contributed by atoms with van der Waals surface area (Å²) in [7, 11) is 0. The van der Waals surface area contributed by atoms with Gasteiger partial charge in [0, 0.05) is 23.8 Å². The third kappa shape index (κ3) is 2.60. The van der Waals surface area contributed by atoms with Crippen LogP contribution in [0, 0.1) is 5.92 Å². The number of amides is 1. The van der Waals surface area contributed by atoms with Crippen LogP contribution >= 0.6 is 0 Å². The Morgan fingerprint density at radius 2 is 2.37 bits per heavy atom. The third-order valence-corrected chi connectivity index (χ3v) is 4.24. The van der Waals surface area contributed by atoms with E-state index in [0.717, 1.165) is 37.1 Å². The Balaban J connectivity index is 1.70. The van der Waals surface area contributed by atoms with Crippen LogP contribution in [0.15, 0.2) is 18.2 Å². The van der Waals surface area contributed by atoms with Crippen molar-refractivity contribution in [3.63, 3.8) is 0 Å². The number of carbonyl (C=O) groups is 1. The minimum atomic E-state index is 0.115. The average Bonchev–Trinajstić information content (AvgIpc) is 3.16. The molecule has 1 fully saturated rings. The van der Waals surface area contributed by atoms with Crippen LogP contribution in [0.5, 0.6) is 0 Å². The second-order valence-electron chi connectivity index (χ2n) is 5.73. The van der Waals surface area contributed by atoms with Crippen LogP contribution in [0.1, 0.15) is 48.5 Å². The van der Waals surface area contributed by atoms with Gasteiger partial charge in [0.25, 0.3) is 5.91 Å². The molecule has 2 N–H and O–H groups in total. The molecule has 0 saturated heterocycles. The van der Waals surface area contributed by atoms with E-state index in [-0.39, 0.29) is 5.91 Å². The number of carbonyl (C=O) groups excluding carboxylic acids is 1. The first-order valence-corrected chi connectivity index (χ1v) is 7.46. The monoisotopic (exact) mass is 258 g/mol. The van der Waals surface area contributed by atoms with Gasteiger partial charge in [-0.15, -0.1) is 0 Å². The van der Waals surface area contributed by atoms with E-state index in [1.807, 2.05) is 12.1 Å². The van der Waals surface area contributed by atoms with E-state index in [1.54, 1.807) is 0 Å². The Hall–Kier alpha value is -1.51. The van der Waals surface area contributed by atoms with Gasteiger partial charge in [-0.1, -0.05) is 19.4 Å². The fourth-order valence-electron chi connectivity index (χ4n) is 3.08. The van der Waals surface area contributed by atoms with E-state index in [2.05, 4.69) is 23.6 Å². The van der Waals surface area contributed by atoms with Crippen molar-refractivity contribution in [2.24, 2.45) is 5.92 Å². The lowest BCUT2D eigenvalue weighted by molar-refractivity contribution is 0.0948. The van der Waals surface area contributed by atoms with Gasteiger partial charge >= 0.3 is 0 Å². The highest BCUT2D eigenvalue weighted by atomic mass is 16.1. The number of anilines is 1. The van der Waals surface area contributed by atoms with Crippen LogP contribution in [0.3, 0.4) is 0 Å². The lowest BCUT2D eigenvalue weighted by atomic mass is 9.97. The van der Waals surface area contributed by atoms with Gasteiger partial charge in [-0.05, 0) is 49.3 Å². The Labute approximate surface area is 114 Å². The molecule has 3 heteroatoms. The molecular formula is C16H22N2O.